The molecule has 92 valence electrons. The zero-order valence-electron chi connectivity index (χ0n) is 10.1. The zero-order valence-corrected chi connectivity index (χ0v) is 10.9. The van der Waals surface area contributed by atoms with Gasteiger partial charge in [-0.05, 0) is 32.2 Å². The Labute approximate surface area is 106 Å². The van der Waals surface area contributed by atoms with E-state index in [9.17, 15) is 5.26 Å². The first kappa shape index (κ1) is 12.5. The molecule has 1 fully saturated rings. The van der Waals surface area contributed by atoms with Crippen LogP contribution in [0.3, 0.4) is 0 Å². The van der Waals surface area contributed by atoms with Gasteiger partial charge < -0.3 is 4.98 Å². The van der Waals surface area contributed by atoms with Gasteiger partial charge in [-0.1, -0.05) is 18.7 Å². The molecular formula is C12H18N4S. The summed E-state index contributed by atoms with van der Waals surface area (Å²) in [6.45, 7) is 3.05. The minimum Gasteiger partial charge on any atom is -0.340 e. The van der Waals surface area contributed by atoms with Crippen LogP contribution in [0.1, 0.15) is 32.6 Å². The molecule has 0 aromatic carbocycles. The molecule has 5 heteroatoms. The predicted octanol–water partition coefficient (Wildman–Crippen LogP) is 2.32. The van der Waals surface area contributed by atoms with Gasteiger partial charge in [0.2, 0.25) is 0 Å². The highest BCUT2D eigenvalue weighted by Gasteiger charge is 2.39. The Morgan fingerprint density at radius 2 is 2.65 bits per heavy atom. The van der Waals surface area contributed by atoms with E-state index in [0.29, 0.717) is 5.25 Å². The normalized spacial score (nSPS) is 28.1. The minimum atomic E-state index is -0.305. The van der Waals surface area contributed by atoms with Crippen molar-refractivity contribution in [3.8, 4) is 6.07 Å². The summed E-state index contributed by atoms with van der Waals surface area (Å²) in [5, 5.41) is 14.2. The second-order valence-electron chi connectivity index (χ2n) is 4.50. The van der Waals surface area contributed by atoms with Gasteiger partial charge >= 0.3 is 0 Å². The number of H-pyrrole nitrogens is 1. The van der Waals surface area contributed by atoms with Gasteiger partial charge in [0.25, 0.3) is 0 Å². The fourth-order valence-corrected chi connectivity index (χ4v) is 3.42. The maximum Gasteiger partial charge on any atom is 0.165 e. The number of imidazole rings is 1. The standard InChI is InChI=1S/C12H18N4S/c1-2-5-16-12(9-13)4-3-10(8-12)17-11-14-6-7-15-11/h6-7,10,16H,2-5,8H2,1H3,(H,14,15). The van der Waals surface area contributed by atoms with Gasteiger partial charge in [-0.25, -0.2) is 4.98 Å². The molecule has 1 aromatic heterocycles. The maximum atomic E-state index is 9.34. The van der Waals surface area contributed by atoms with E-state index in [0.717, 1.165) is 37.4 Å². The van der Waals surface area contributed by atoms with Crippen LogP contribution in [0.25, 0.3) is 0 Å². The van der Waals surface area contributed by atoms with Crippen LogP contribution in [0, 0.1) is 11.3 Å². The molecule has 0 spiro atoms. The quantitative estimate of drug-likeness (QED) is 0.841. The molecule has 1 aromatic rings. The van der Waals surface area contributed by atoms with Crippen molar-refractivity contribution in [2.75, 3.05) is 6.54 Å². The molecule has 0 aliphatic heterocycles. The van der Waals surface area contributed by atoms with E-state index in [4.69, 9.17) is 0 Å². The van der Waals surface area contributed by atoms with Crippen molar-refractivity contribution in [3.63, 3.8) is 0 Å². The first-order valence-corrected chi connectivity index (χ1v) is 6.98. The van der Waals surface area contributed by atoms with E-state index in [1.807, 2.05) is 6.20 Å². The van der Waals surface area contributed by atoms with Crippen LogP contribution in [0.4, 0.5) is 0 Å². The molecule has 0 bridgehead atoms. The third kappa shape index (κ3) is 3.02. The summed E-state index contributed by atoms with van der Waals surface area (Å²) in [5.74, 6) is 0. The van der Waals surface area contributed by atoms with Crippen LogP contribution in [0.2, 0.25) is 0 Å². The van der Waals surface area contributed by atoms with E-state index < -0.39 is 0 Å². The molecule has 4 nitrogen and oxygen atoms in total. The van der Waals surface area contributed by atoms with Crippen molar-refractivity contribution < 1.29 is 0 Å². The average Bonchev–Trinajstić information content (AvgIpc) is 2.98. The van der Waals surface area contributed by atoms with Crippen molar-refractivity contribution in [2.45, 2.75) is 48.6 Å². The van der Waals surface area contributed by atoms with Crippen LogP contribution < -0.4 is 5.32 Å². The van der Waals surface area contributed by atoms with Crippen molar-refractivity contribution in [1.29, 1.82) is 5.26 Å². The molecule has 1 aliphatic carbocycles. The Kier molecular flexibility index (Phi) is 4.08. The molecule has 2 rings (SSSR count). The Morgan fingerprint density at radius 3 is 3.29 bits per heavy atom. The fraction of sp³-hybridized carbons (Fsp3) is 0.667. The third-order valence-electron chi connectivity index (χ3n) is 3.15. The number of aromatic amines is 1. The number of rotatable bonds is 5. The molecule has 1 aliphatic rings. The van der Waals surface area contributed by atoms with Crippen LogP contribution in [-0.2, 0) is 0 Å². The lowest BCUT2D eigenvalue weighted by atomic mass is 10.00. The van der Waals surface area contributed by atoms with Crippen LogP contribution >= 0.6 is 11.8 Å². The number of aromatic nitrogens is 2. The molecule has 0 amide bonds. The van der Waals surface area contributed by atoms with E-state index in [2.05, 4.69) is 28.3 Å². The first-order valence-electron chi connectivity index (χ1n) is 6.10. The number of thioether (sulfide) groups is 1. The monoisotopic (exact) mass is 250 g/mol. The van der Waals surface area contributed by atoms with E-state index in [1.54, 1.807) is 18.0 Å². The highest BCUT2D eigenvalue weighted by atomic mass is 32.2. The average molecular weight is 250 g/mol. The second kappa shape index (κ2) is 5.56. The van der Waals surface area contributed by atoms with E-state index >= 15 is 0 Å². The van der Waals surface area contributed by atoms with Gasteiger partial charge in [0.15, 0.2) is 5.16 Å². The largest absolute Gasteiger partial charge is 0.340 e. The molecule has 0 saturated heterocycles. The van der Waals surface area contributed by atoms with Gasteiger partial charge in [-0.15, -0.1) is 0 Å². The lowest BCUT2D eigenvalue weighted by molar-refractivity contribution is 0.424. The molecule has 2 unspecified atom stereocenters. The van der Waals surface area contributed by atoms with Crippen LogP contribution in [0.5, 0.6) is 0 Å². The van der Waals surface area contributed by atoms with Gasteiger partial charge in [-0.3, -0.25) is 5.32 Å². The van der Waals surface area contributed by atoms with Gasteiger partial charge in [0.05, 0.1) is 6.07 Å². The van der Waals surface area contributed by atoms with Crippen LogP contribution in [-0.4, -0.2) is 27.3 Å². The number of hydrogen-bond donors (Lipinski definition) is 2. The maximum absolute atomic E-state index is 9.34. The molecule has 2 atom stereocenters. The van der Waals surface area contributed by atoms with E-state index in [1.165, 1.54) is 0 Å². The summed E-state index contributed by atoms with van der Waals surface area (Å²) in [6, 6.07) is 2.47. The summed E-state index contributed by atoms with van der Waals surface area (Å²) < 4.78 is 0. The summed E-state index contributed by atoms with van der Waals surface area (Å²) >= 11 is 1.75. The molecule has 2 N–H and O–H groups in total. The Balaban J connectivity index is 1.91. The second-order valence-corrected chi connectivity index (χ2v) is 5.79. The highest BCUT2D eigenvalue weighted by Crippen LogP contribution is 2.38. The van der Waals surface area contributed by atoms with Crippen molar-refractivity contribution >= 4 is 11.8 Å². The molecule has 1 saturated carbocycles. The summed E-state index contributed by atoms with van der Waals surface area (Å²) in [4.78, 5) is 7.32. The highest BCUT2D eigenvalue weighted by molar-refractivity contribution is 7.99. The van der Waals surface area contributed by atoms with Crippen molar-refractivity contribution in [3.05, 3.63) is 12.4 Å². The number of nitrogens with zero attached hydrogens (tertiary/aromatic N) is 2. The van der Waals surface area contributed by atoms with Gasteiger partial charge in [0.1, 0.15) is 5.54 Å². The Morgan fingerprint density at radius 1 is 1.76 bits per heavy atom. The summed E-state index contributed by atoms with van der Waals surface area (Å²) in [5.41, 5.74) is -0.305. The summed E-state index contributed by atoms with van der Waals surface area (Å²) in [6.07, 6.45) is 7.61. The van der Waals surface area contributed by atoms with Gasteiger partial charge in [-0.2, -0.15) is 5.26 Å². The zero-order chi connectivity index (χ0) is 12.1. The van der Waals surface area contributed by atoms with E-state index in [-0.39, 0.29) is 5.54 Å². The number of hydrogen-bond acceptors (Lipinski definition) is 4. The number of nitriles is 1. The molecular weight excluding hydrogens is 232 g/mol. The van der Waals surface area contributed by atoms with Crippen LogP contribution in [0.15, 0.2) is 17.6 Å². The Hall–Kier alpha value is -0.990. The molecule has 17 heavy (non-hydrogen) atoms. The predicted molar refractivity (Wildman–Crippen MR) is 68.7 cm³/mol. The van der Waals surface area contributed by atoms with Crippen molar-refractivity contribution in [2.24, 2.45) is 0 Å². The topological polar surface area (TPSA) is 64.5 Å². The summed E-state index contributed by atoms with van der Waals surface area (Å²) in [7, 11) is 0. The Bertz CT molecular complexity index is 384. The smallest absolute Gasteiger partial charge is 0.165 e. The van der Waals surface area contributed by atoms with Crippen molar-refractivity contribution in [1.82, 2.24) is 15.3 Å². The molecule has 1 heterocycles. The minimum absolute atomic E-state index is 0.305. The fourth-order valence-electron chi connectivity index (χ4n) is 2.24. The lowest BCUT2D eigenvalue weighted by Crippen LogP contribution is -2.42. The number of nitrogens with one attached hydrogen (secondary N) is 2. The lowest BCUT2D eigenvalue weighted by Gasteiger charge is -2.22. The first-order chi connectivity index (χ1) is 8.28. The van der Waals surface area contributed by atoms with Gasteiger partial charge in [0, 0.05) is 17.6 Å². The third-order valence-corrected chi connectivity index (χ3v) is 4.33. The SMILES string of the molecule is CCCNC1(C#N)CCC(Sc2ncc[nH]2)C1. The molecule has 0 radical (unpaired) electrons.